The normalized spacial score (nSPS) is 11.2. The van der Waals surface area contributed by atoms with Gasteiger partial charge in [-0.1, -0.05) is 19.1 Å². The molecule has 0 aromatic carbocycles. The van der Waals surface area contributed by atoms with Gasteiger partial charge in [0.1, 0.15) is 0 Å². The molecule has 0 aliphatic heterocycles. The Bertz CT molecular complexity index is 431. The topological polar surface area (TPSA) is 60.6 Å². The van der Waals surface area contributed by atoms with E-state index in [1.807, 2.05) is 23.4 Å². The van der Waals surface area contributed by atoms with Crippen molar-refractivity contribution in [1.82, 2.24) is 29.9 Å². The number of aryl methyl sites for hydroxylation is 2. The average molecular weight is 234 g/mol. The highest BCUT2D eigenvalue weighted by Gasteiger charge is 2.03. The summed E-state index contributed by atoms with van der Waals surface area (Å²) in [6.45, 7) is 6.78. The summed E-state index contributed by atoms with van der Waals surface area (Å²) in [6, 6.07) is 0.480. The summed E-state index contributed by atoms with van der Waals surface area (Å²) in [5.41, 5.74) is 1.19. The van der Waals surface area contributed by atoms with Gasteiger partial charge >= 0.3 is 0 Å². The van der Waals surface area contributed by atoms with E-state index in [1.54, 1.807) is 6.20 Å². The highest BCUT2D eigenvalue weighted by molar-refractivity contribution is 4.98. The van der Waals surface area contributed by atoms with Crippen LogP contribution >= 0.6 is 0 Å². The lowest BCUT2D eigenvalue weighted by Crippen LogP contribution is -2.23. The molecule has 6 nitrogen and oxygen atoms in total. The summed E-state index contributed by atoms with van der Waals surface area (Å²) in [6.07, 6.45) is 7.31. The maximum absolute atomic E-state index is 4.18. The maximum atomic E-state index is 4.18. The molecule has 17 heavy (non-hydrogen) atoms. The van der Waals surface area contributed by atoms with Crippen molar-refractivity contribution in [3.8, 4) is 0 Å². The van der Waals surface area contributed by atoms with Crippen molar-refractivity contribution >= 4 is 0 Å². The number of aromatic nitrogens is 5. The smallest absolute Gasteiger partial charge is 0.0949 e. The van der Waals surface area contributed by atoms with Crippen LogP contribution in [-0.4, -0.2) is 30.6 Å². The zero-order valence-electron chi connectivity index (χ0n) is 10.2. The Morgan fingerprint density at radius 2 is 2.24 bits per heavy atom. The van der Waals surface area contributed by atoms with Crippen molar-refractivity contribution < 1.29 is 0 Å². The number of nitrogens with one attached hydrogen (secondary N) is 1. The number of nitrogens with zero attached hydrogens (tertiary/aromatic N) is 5. The fraction of sp³-hybridized carbons (Fsp3) is 0.545. The van der Waals surface area contributed by atoms with Crippen molar-refractivity contribution in [3.05, 3.63) is 30.6 Å². The van der Waals surface area contributed by atoms with E-state index in [-0.39, 0.29) is 0 Å². The molecule has 0 amide bonds. The Kier molecular flexibility index (Phi) is 3.87. The molecule has 0 bridgehead atoms. The molecule has 0 spiro atoms. The standard InChI is InChI=1S/C11H18N6/c1-10(2)13-8-11-7-12-9-16(11)5-6-17-4-3-14-15-17/h3-4,7,9-10,13H,5-6,8H2,1-2H3. The van der Waals surface area contributed by atoms with Crippen LogP contribution in [0.4, 0.5) is 0 Å². The molecule has 0 fully saturated rings. The van der Waals surface area contributed by atoms with Crippen LogP contribution in [0.5, 0.6) is 0 Å². The van der Waals surface area contributed by atoms with Gasteiger partial charge in [0.05, 0.1) is 24.8 Å². The van der Waals surface area contributed by atoms with E-state index in [4.69, 9.17) is 0 Å². The van der Waals surface area contributed by atoms with Gasteiger partial charge in [0.15, 0.2) is 0 Å². The van der Waals surface area contributed by atoms with Crippen LogP contribution < -0.4 is 5.32 Å². The second-order valence-electron chi connectivity index (χ2n) is 4.28. The van der Waals surface area contributed by atoms with Gasteiger partial charge in [-0.3, -0.25) is 4.68 Å². The third-order valence-corrected chi connectivity index (χ3v) is 2.53. The lowest BCUT2D eigenvalue weighted by atomic mass is 10.3. The Morgan fingerprint density at radius 1 is 1.35 bits per heavy atom. The van der Waals surface area contributed by atoms with E-state index in [0.717, 1.165) is 19.6 Å². The largest absolute Gasteiger partial charge is 0.332 e. The maximum Gasteiger partial charge on any atom is 0.0949 e. The quantitative estimate of drug-likeness (QED) is 0.798. The molecule has 0 atom stereocenters. The summed E-state index contributed by atoms with van der Waals surface area (Å²) in [5.74, 6) is 0. The molecule has 2 aromatic rings. The van der Waals surface area contributed by atoms with Crippen LogP contribution in [-0.2, 0) is 19.6 Å². The highest BCUT2D eigenvalue weighted by atomic mass is 15.4. The van der Waals surface area contributed by atoms with Gasteiger partial charge in [-0.2, -0.15) is 0 Å². The molecule has 0 aliphatic carbocycles. The Hall–Kier alpha value is -1.69. The summed E-state index contributed by atoms with van der Waals surface area (Å²) in [4.78, 5) is 4.18. The highest BCUT2D eigenvalue weighted by Crippen LogP contribution is 2.00. The van der Waals surface area contributed by atoms with Crippen molar-refractivity contribution in [3.63, 3.8) is 0 Å². The molecule has 0 saturated carbocycles. The molecule has 92 valence electrons. The first-order chi connectivity index (χ1) is 8.25. The SMILES string of the molecule is CC(C)NCc1cncn1CCn1ccnn1. The molecule has 0 unspecified atom stereocenters. The minimum absolute atomic E-state index is 0.480. The van der Waals surface area contributed by atoms with Gasteiger partial charge in [0.25, 0.3) is 0 Å². The minimum atomic E-state index is 0.480. The second-order valence-corrected chi connectivity index (χ2v) is 4.28. The number of rotatable bonds is 6. The summed E-state index contributed by atoms with van der Waals surface area (Å²) >= 11 is 0. The zero-order chi connectivity index (χ0) is 12.1. The van der Waals surface area contributed by atoms with Gasteiger partial charge in [-0.15, -0.1) is 5.10 Å². The number of hydrogen-bond donors (Lipinski definition) is 1. The zero-order valence-corrected chi connectivity index (χ0v) is 10.2. The Balaban J connectivity index is 1.90. The fourth-order valence-corrected chi connectivity index (χ4v) is 1.57. The molecule has 2 rings (SSSR count). The van der Waals surface area contributed by atoms with Crippen LogP contribution in [0.25, 0.3) is 0 Å². The molecule has 0 aliphatic rings. The van der Waals surface area contributed by atoms with E-state index in [2.05, 4.69) is 39.0 Å². The van der Waals surface area contributed by atoms with Gasteiger partial charge in [-0.25, -0.2) is 4.98 Å². The van der Waals surface area contributed by atoms with Crippen LogP contribution in [0.1, 0.15) is 19.5 Å². The summed E-state index contributed by atoms with van der Waals surface area (Å²) < 4.78 is 3.96. The fourth-order valence-electron chi connectivity index (χ4n) is 1.57. The summed E-state index contributed by atoms with van der Waals surface area (Å²) in [7, 11) is 0. The number of hydrogen-bond acceptors (Lipinski definition) is 4. The van der Waals surface area contributed by atoms with Crippen LogP contribution in [0, 0.1) is 0 Å². The Labute approximate surface area is 101 Å². The van der Waals surface area contributed by atoms with Gasteiger partial charge in [0.2, 0.25) is 0 Å². The minimum Gasteiger partial charge on any atom is -0.332 e. The van der Waals surface area contributed by atoms with Gasteiger partial charge < -0.3 is 9.88 Å². The number of imidazole rings is 1. The lowest BCUT2D eigenvalue weighted by Gasteiger charge is -2.10. The molecule has 1 N–H and O–H groups in total. The van der Waals surface area contributed by atoms with Crippen LogP contribution in [0.15, 0.2) is 24.9 Å². The molecule has 0 saturated heterocycles. The van der Waals surface area contributed by atoms with Crippen molar-refractivity contribution in [2.45, 2.75) is 39.5 Å². The van der Waals surface area contributed by atoms with Crippen LogP contribution in [0.2, 0.25) is 0 Å². The third-order valence-electron chi connectivity index (χ3n) is 2.53. The molecular weight excluding hydrogens is 216 g/mol. The molecule has 2 heterocycles. The van der Waals surface area contributed by atoms with Gasteiger partial charge in [-0.05, 0) is 0 Å². The van der Waals surface area contributed by atoms with Crippen molar-refractivity contribution in [2.75, 3.05) is 0 Å². The van der Waals surface area contributed by atoms with Crippen molar-refractivity contribution in [2.24, 2.45) is 0 Å². The summed E-state index contributed by atoms with van der Waals surface area (Å²) in [5, 5.41) is 11.1. The molecular formula is C11H18N6. The average Bonchev–Trinajstić information content (AvgIpc) is 2.95. The van der Waals surface area contributed by atoms with Crippen LogP contribution in [0.3, 0.4) is 0 Å². The third kappa shape index (κ3) is 3.39. The van der Waals surface area contributed by atoms with E-state index in [1.165, 1.54) is 5.69 Å². The first kappa shape index (κ1) is 11.8. The first-order valence-corrected chi connectivity index (χ1v) is 5.82. The van der Waals surface area contributed by atoms with Gasteiger partial charge in [0, 0.05) is 31.5 Å². The van der Waals surface area contributed by atoms with E-state index >= 15 is 0 Å². The molecule has 6 heteroatoms. The first-order valence-electron chi connectivity index (χ1n) is 5.82. The van der Waals surface area contributed by atoms with E-state index < -0.39 is 0 Å². The monoisotopic (exact) mass is 234 g/mol. The lowest BCUT2D eigenvalue weighted by molar-refractivity contribution is 0.495. The predicted octanol–water partition coefficient (Wildman–Crippen LogP) is 0.673. The van der Waals surface area contributed by atoms with E-state index in [9.17, 15) is 0 Å². The van der Waals surface area contributed by atoms with E-state index in [0.29, 0.717) is 6.04 Å². The second kappa shape index (κ2) is 5.58. The molecule has 2 aromatic heterocycles. The molecule has 0 radical (unpaired) electrons. The van der Waals surface area contributed by atoms with Crippen molar-refractivity contribution in [1.29, 1.82) is 0 Å². The Morgan fingerprint density at radius 3 is 2.94 bits per heavy atom. The predicted molar refractivity (Wildman–Crippen MR) is 64.2 cm³/mol.